The van der Waals surface area contributed by atoms with Crippen molar-refractivity contribution in [2.24, 2.45) is 7.05 Å². The van der Waals surface area contributed by atoms with Gasteiger partial charge in [0.2, 0.25) is 0 Å². The summed E-state index contributed by atoms with van der Waals surface area (Å²) in [6.45, 7) is 3.96. The van der Waals surface area contributed by atoms with Crippen LogP contribution in [0.2, 0.25) is 5.02 Å². The summed E-state index contributed by atoms with van der Waals surface area (Å²) in [5.74, 6) is 0. The summed E-state index contributed by atoms with van der Waals surface area (Å²) in [6, 6.07) is 0.227. The van der Waals surface area contributed by atoms with Crippen molar-refractivity contribution in [2.75, 3.05) is 7.05 Å². The second kappa shape index (κ2) is 5.38. The molecular weight excluding hydrogens is 268 g/mol. The van der Waals surface area contributed by atoms with Crippen LogP contribution in [0.4, 0.5) is 0 Å². The van der Waals surface area contributed by atoms with Crippen LogP contribution in [0.25, 0.3) is 0 Å². The van der Waals surface area contributed by atoms with E-state index in [0.717, 1.165) is 28.5 Å². The van der Waals surface area contributed by atoms with Crippen molar-refractivity contribution in [3.63, 3.8) is 0 Å². The summed E-state index contributed by atoms with van der Waals surface area (Å²) in [4.78, 5) is 5.56. The van der Waals surface area contributed by atoms with Crippen LogP contribution in [-0.4, -0.2) is 21.8 Å². The van der Waals surface area contributed by atoms with Crippen molar-refractivity contribution in [3.8, 4) is 0 Å². The standard InChI is InChI=1S/C12H17ClN4S/c1-7-11(13)10(17(4)16-7)5-9(14-3)12-8(2)15-6-18-12/h6,9,14H,5H2,1-4H3. The van der Waals surface area contributed by atoms with Gasteiger partial charge in [0.1, 0.15) is 0 Å². The summed E-state index contributed by atoms with van der Waals surface area (Å²) in [7, 11) is 3.89. The lowest BCUT2D eigenvalue weighted by molar-refractivity contribution is 0.566. The van der Waals surface area contributed by atoms with Gasteiger partial charge in [-0.1, -0.05) is 11.6 Å². The molecule has 0 fully saturated rings. The molecule has 0 aliphatic heterocycles. The average molecular weight is 285 g/mol. The lowest BCUT2D eigenvalue weighted by atomic mass is 10.1. The quantitative estimate of drug-likeness (QED) is 0.939. The van der Waals surface area contributed by atoms with E-state index in [0.29, 0.717) is 0 Å². The fourth-order valence-corrected chi connectivity index (χ4v) is 3.22. The van der Waals surface area contributed by atoms with E-state index < -0.39 is 0 Å². The van der Waals surface area contributed by atoms with E-state index in [1.54, 1.807) is 11.3 Å². The Bertz CT molecular complexity index is 546. The number of thiazole rings is 1. The van der Waals surface area contributed by atoms with Crippen LogP contribution in [0.3, 0.4) is 0 Å². The maximum absolute atomic E-state index is 6.29. The first-order valence-electron chi connectivity index (χ1n) is 5.79. The Morgan fingerprint density at radius 1 is 1.44 bits per heavy atom. The van der Waals surface area contributed by atoms with Crippen molar-refractivity contribution in [2.45, 2.75) is 26.3 Å². The largest absolute Gasteiger partial charge is 0.312 e. The summed E-state index contributed by atoms with van der Waals surface area (Å²) in [5.41, 5.74) is 4.89. The molecule has 4 nitrogen and oxygen atoms in total. The van der Waals surface area contributed by atoms with E-state index in [9.17, 15) is 0 Å². The Balaban J connectivity index is 2.29. The van der Waals surface area contributed by atoms with Gasteiger partial charge in [-0.3, -0.25) is 4.68 Å². The van der Waals surface area contributed by atoms with Gasteiger partial charge in [0.15, 0.2) is 0 Å². The first-order chi connectivity index (χ1) is 8.54. The molecule has 18 heavy (non-hydrogen) atoms. The minimum absolute atomic E-state index is 0.227. The minimum atomic E-state index is 0.227. The van der Waals surface area contributed by atoms with E-state index in [4.69, 9.17) is 11.6 Å². The fourth-order valence-electron chi connectivity index (χ4n) is 2.07. The maximum Gasteiger partial charge on any atom is 0.0847 e. The molecule has 0 aliphatic carbocycles. The molecule has 2 aromatic heterocycles. The molecule has 6 heteroatoms. The Kier molecular flexibility index (Phi) is 4.04. The van der Waals surface area contributed by atoms with Crippen LogP contribution in [-0.2, 0) is 13.5 Å². The van der Waals surface area contributed by atoms with E-state index in [1.165, 1.54) is 4.88 Å². The van der Waals surface area contributed by atoms with Gasteiger partial charge in [-0.25, -0.2) is 4.98 Å². The van der Waals surface area contributed by atoms with Crippen molar-refractivity contribution >= 4 is 22.9 Å². The lowest BCUT2D eigenvalue weighted by Crippen LogP contribution is -2.20. The van der Waals surface area contributed by atoms with Crippen LogP contribution in [0.5, 0.6) is 0 Å². The highest BCUT2D eigenvalue weighted by Gasteiger charge is 2.19. The predicted octanol–water partition coefficient (Wildman–Crippen LogP) is 2.65. The molecule has 0 bridgehead atoms. The van der Waals surface area contributed by atoms with Gasteiger partial charge in [0.05, 0.1) is 27.6 Å². The van der Waals surface area contributed by atoms with E-state index in [1.807, 2.05) is 38.1 Å². The Morgan fingerprint density at radius 3 is 2.61 bits per heavy atom. The molecule has 2 aromatic rings. The molecule has 0 spiro atoms. The van der Waals surface area contributed by atoms with Crippen LogP contribution in [0.15, 0.2) is 5.51 Å². The van der Waals surface area contributed by atoms with E-state index in [2.05, 4.69) is 15.4 Å². The van der Waals surface area contributed by atoms with Gasteiger partial charge in [-0.15, -0.1) is 11.3 Å². The molecule has 0 amide bonds. The molecule has 2 heterocycles. The summed E-state index contributed by atoms with van der Waals surface area (Å²) in [5, 5.41) is 8.44. The highest BCUT2D eigenvalue weighted by molar-refractivity contribution is 7.09. The summed E-state index contributed by atoms with van der Waals surface area (Å²) in [6.07, 6.45) is 0.815. The summed E-state index contributed by atoms with van der Waals surface area (Å²) < 4.78 is 1.86. The predicted molar refractivity (Wildman–Crippen MR) is 75.3 cm³/mol. The first-order valence-corrected chi connectivity index (χ1v) is 7.05. The number of aromatic nitrogens is 3. The lowest BCUT2D eigenvalue weighted by Gasteiger charge is -2.15. The molecule has 98 valence electrons. The molecule has 1 N–H and O–H groups in total. The number of hydrogen-bond acceptors (Lipinski definition) is 4. The zero-order valence-corrected chi connectivity index (χ0v) is 12.6. The van der Waals surface area contributed by atoms with Crippen molar-refractivity contribution < 1.29 is 0 Å². The van der Waals surface area contributed by atoms with Gasteiger partial charge in [-0.2, -0.15) is 5.10 Å². The molecule has 0 aliphatic rings. The second-order valence-electron chi connectivity index (χ2n) is 4.32. The normalized spacial score (nSPS) is 12.9. The van der Waals surface area contributed by atoms with Gasteiger partial charge < -0.3 is 5.32 Å². The molecular formula is C12H17ClN4S. The number of halogens is 1. The fraction of sp³-hybridized carbons (Fsp3) is 0.500. The number of nitrogens with zero attached hydrogens (tertiary/aromatic N) is 3. The Labute approximate surface area is 116 Å². The third-order valence-corrected chi connectivity index (χ3v) is 4.64. The maximum atomic E-state index is 6.29. The Hall–Kier alpha value is -0.910. The van der Waals surface area contributed by atoms with Crippen LogP contribution in [0, 0.1) is 13.8 Å². The number of hydrogen-bond donors (Lipinski definition) is 1. The SMILES string of the molecule is CNC(Cc1c(Cl)c(C)nn1C)c1scnc1C. The topological polar surface area (TPSA) is 42.7 Å². The smallest absolute Gasteiger partial charge is 0.0847 e. The molecule has 0 saturated carbocycles. The first kappa shape index (κ1) is 13.5. The number of rotatable bonds is 4. The van der Waals surface area contributed by atoms with E-state index >= 15 is 0 Å². The zero-order chi connectivity index (χ0) is 13.3. The van der Waals surface area contributed by atoms with Gasteiger partial charge in [0.25, 0.3) is 0 Å². The van der Waals surface area contributed by atoms with E-state index in [-0.39, 0.29) is 6.04 Å². The van der Waals surface area contributed by atoms with Gasteiger partial charge in [-0.05, 0) is 20.9 Å². The molecule has 2 rings (SSSR count). The van der Waals surface area contributed by atoms with Crippen molar-refractivity contribution in [1.29, 1.82) is 0 Å². The third kappa shape index (κ3) is 2.43. The molecule has 0 radical (unpaired) electrons. The highest BCUT2D eigenvalue weighted by Crippen LogP contribution is 2.28. The molecule has 0 aromatic carbocycles. The Morgan fingerprint density at radius 2 is 2.17 bits per heavy atom. The molecule has 0 saturated heterocycles. The van der Waals surface area contributed by atoms with Crippen LogP contribution >= 0.6 is 22.9 Å². The number of aryl methyl sites for hydroxylation is 3. The van der Waals surface area contributed by atoms with Crippen molar-refractivity contribution in [1.82, 2.24) is 20.1 Å². The number of likely N-dealkylation sites (N-methyl/N-ethyl adjacent to an activating group) is 1. The van der Waals surface area contributed by atoms with Gasteiger partial charge in [0, 0.05) is 24.4 Å². The van der Waals surface area contributed by atoms with Gasteiger partial charge >= 0.3 is 0 Å². The van der Waals surface area contributed by atoms with Crippen LogP contribution < -0.4 is 5.32 Å². The molecule has 1 atom stereocenters. The minimum Gasteiger partial charge on any atom is -0.312 e. The number of nitrogens with one attached hydrogen (secondary N) is 1. The van der Waals surface area contributed by atoms with Crippen LogP contribution in [0.1, 0.15) is 28.0 Å². The van der Waals surface area contributed by atoms with Crippen molar-refractivity contribution in [3.05, 3.63) is 32.5 Å². The average Bonchev–Trinajstić information content (AvgIpc) is 2.84. The zero-order valence-electron chi connectivity index (χ0n) is 11.0. The highest BCUT2D eigenvalue weighted by atomic mass is 35.5. The monoisotopic (exact) mass is 284 g/mol. The second-order valence-corrected chi connectivity index (χ2v) is 5.58. The molecule has 1 unspecified atom stereocenters. The summed E-state index contributed by atoms with van der Waals surface area (Å²) >= 11 is 7.97. The third-order valence-electron chi connectivity index (χ3n) is 3.11.